The van der Waals surface area contributed by atoms with E-state index < -0.39 is 0 Å². The summed E-state index contributed by atoms with van der Waals surface area (Å²) in [6.07, 6.45) is 2.35. The van der Waals surface area contributed by atoms with Gasteiger partial charge in [-0.05, 0) is 159 Å². The highest BCUT2D eigenvalue weighted by Crippen LogP contribution is 2.55. The number of hydrogen-bond acceptors (Lipinski definition) is 3. The van der Waals surface area contributed by atoms with Gasteiger partial charge in [-0.2, -0.15) is 0 Å². The fraction of sp³-hybridized carbons (Fsp3) is 0.262. The van der Waals surface area contributed by atoms with Gasteiger partial charge in [0.25, 0.3) is 0 Å². The van der Waals surface area contributed by atoms with Crippen molar-refractivity contribution in [1.29, 1.82) is 0 Å². The molecule has 2 aliphatic heterocycles. The van der Waals surface area contributed by atoms with Crippen molar-refractivity contribution in [1.82, 2.24) is 4.57 Å². The van der Waals surface area contributed by atoms with Crippen LogP contribution in [-0.2, 0) is 21.7 Å². The summed E-state index contributed by atoms with van der Waals surface area (Å²) in [4.78, 5) is 5.28. The lowest BCUT2D eigenvalue weighted by Gasteiger charge is -2.46. The van der Waals surface area contributed by atoms with Crippen LogP contribution in [0.2, 0.25) is 0 Å². The third-order valence-corrected chi connectivity index (χ3v) is 17.8. The highest BCUT2D eigenvalue weighted by Gasteiger charge is 2.47. The number of aromatic nitrogens is 1. The molecular weight excluding hydrogens is 866 g/mol. The minimum atomic E-state index is -0.111. The lowest BCUT2D eigenvalue weighted by Crippen LogP contribution is -2.61. The Morgan fingerprint density at radius 3 is 1.84 bits per heavy atom. The van der Waals surface area contributed by atoms with Crippen molar-refractivity contribution >= 4 is 99.5 Å². The second-order valence-corrected chi connectivity index (χ2v) is 25.2. The van der Waals surface area contributed by atoms with Crippen LogP contribution in [0.5, 0.6) is 0 Å². The summed E-state index contributed by atoms with van der Waals surface area (Å²) in [5.41, 5.74) is 22.3. The molecule has 3 aliphatic rings. The molecule has 70 heavy (non-hydrogen) atoms. The Balaban J connectivity index is 1.24. The van der Waals surface area contributed by atoms with Gasteiger partial charge in [0, 0.05) is 70.6 Å². The van der Waals surface area contributed by atoms with Crippen LogP contribution in [0.1, 0.15) is 110 Å². The van der Waals surface area contributed by atoms with Crippen LogP contribution in [0.15, 0.2) is 152 Å². The van der Waals surface area contributed by atoms with Crippen LogP contribution in [0.4, 0.5) is 28.4 Å². The third-order valence-electron chi connectivity index (χ3n) is 16.6. The van der Waals surface area contributed by atoms with Gasteiger partial charge in [0.2, 0.25) is 0 Å². The molecule has 1 aliphatic carbocycles. The molecule has 2 aromatic heterocycles. The van der Waals surface area contributed by atoms with Crippen molar-refractivity contribution in [2.45, 2.75) is 111 Å². The van der Waals surface area contributed by atoms with E-state index in [9.17, 15) is 0 Å². The predicted molar refractivity (Wildman–Crippen MR) is 305 cm³/mol. The Labute approximate surface area is 418 Å². The van der Waals surface area contributed by atoms with Gasteiger partial charge in [0.15, 0.2) is 0 Å². The molecule has 0 unspecified atom stereocenters. The minimum Gasteiger partial charge on any atom is -0.376 e. The Hall–Kier alpha value is -6.56. The van der Waals surface area contributed by atoms with Crippen LogP contribution in [-0.4, -0.2) is 11.4 Å². The normalized spacial score (nSPS) is 15.7. The molecule has 0 bridgehead atoms. The van der Waals surface area contributed by atoms with Gasteiger partial charge in [-0.3, -0.25) is 0 Å². The molecule has 5 heteroatoms. The van der Waals surface area contributed by atoms with Crippen molar-refractivity contribution < 1.29 is 0 Å². The van der Waals surface area contributed by atoms with Crippen LogP contribution < -0.4 is 20.6 Å². The summed E-state index contributed by atoms with van der Waals surface area (Å²) in [7, 11) is 0. The van der Waals surface area contributed by atoms with Gasteiger partial charge >= 0.3 is 6.85 Å². The van der Waals surface area contributed by atoms with Gasteiger partial charge in [0.1, 0.15) is 0 Å². The predicted octanol–water partition coefficient (Wildman–Crippen LogP) is 17.1. The van der Waals surface area contributed by atoms with Crippen LogP contribution >= 0.6 is 11.3 Å². The van der Waals surface area contributed by atoms with Crippen molar-refractivity contribution in [2.24, 2.45) is 0 Å². The molecule has 0 atom stereocenters. The van der Waals surface area contributed by atoms with Gasteiger partial charge in [-0.25, -0.2) is 0 Å². The zero-order chi connectivity index (χ0) is 48.4. The molecule has 10 aromatic rings. The Morgan fingerprint density at radius 2 is 1.17 bits per heavy atom. The largest absolute Gasteiger partial charge is 0.376 e. The summed E-state index contributed by atoms with van der Waals surface area (Å²) < 4.78 is 5.34. The molecule has 346 valence electrons. The molecule has 0 amide bonds. The van der Waals surface area contributed by atoms with Crippen molar-refractivity contribution in [3.8, 4) is 16.8 Å². The highest BCUT2D eigenvalue weighted by molar-refractivity contribution is 7.26. The molecule has 0 saturated heterocycles. The Bertz CT molecular complexity index is 3780. The maximum atomic E-state index is 2.81. The average Bonchev–Trinajstić information content (AvgIpc) is 3.88. The fourth-order valence-corrected chi connectivity index (χ4v) is 13.9. The van der Waals surface area contributed by atoms with Gasteiger partial charge in [-0.1, -0.05) is 148 Å². The van der Waals surface area contributed by atoms with Crippen molar-refractivity contribution in [3.63, 3.8) is 0 Å². The first-order valence-corrected chi connectivity index (χ1v) is 26.3. The van der Waals surface area contributed by atoms with E-state index in [2.05, 4.69) is 242 Å². The Kier molecular flexibility index (Phi) is 9.16. The number of fused-ring (bicyclic) bond motifs is 12. The minimum absolute atomic E-state index is 0.0107. The highest BCUT2D eigenvalue weighted by atomic mass is 32.1. The number of hydrogen-bond donors (Lipinski definition) is 0. The first-order valence-electron chi connectivity index (χ1n) is 25.5. The molecule has 4 heterocycles. The van der Waals surface area contributed by atoms with E-state index in [-0.39, 0.29) is 28.5 Å². The van der Waals surface area contributed by atoms with E-state index in [1.54, 1.807) is 0 Å². The number of nitrogens with zero attached hydrogens (tertiary/aromatic N) is 3. The fourth-order valence-electron chi connectivity index (χ4n) is 12.6. The SMILES string of the molecule is Cc1cc2c(cc1N1B3c4c(cc(N(c5ccccc5)c5ccccc5)cc4-n4c5ccc(C(C)(C)C)cc5c5cc(C(C)(C)C)cc3c54)-c3c1ccc1c3sc3ccccc31)C(C)(C)CCC2(C)C. The zero-order valence-electron chi connectivity index (χ0n) is 42.7. The third kappa shape index (κ3) is 6.26. The van der Waals surface area contributed by atoms with Crippen molar-refractivity contribution in [2.75, 3.05) is 9.71 Å². The molecule has 0 N–H and O–H groups in total. The maximum Gasteiger partial charge on any atom is 0.333 e. The second kappa shape index (κ2) is 14.7. The standard InChI is InChI=1S/C65H62BN3S/c1-39-32-50-51(65(10,11)31-30-64(50,8)9)38-55(39)69-54-29-27-46-45-24-18-19-25-57(45)70-61(46)58(54)49-36-44(67(42-20-14-12-15-21-42)43-22-16-13-17-23-43)37-56-59(49)66(69)52-35-41(63(5,6)7)34-48-47-33-40(62(2,3)4)26-28-53(47)68(56)60(48)52/h12-29,32-38H,30-31H2,1-11H3. The summed E-state index contributed by atoms with van der Waals surface area (Å²) in [5.74, 6) is 0. The summed E-state index contributed by atoms with van der Waals surface area (Å²) in [6.45, 7) is 26.4. The number of rotatable bonds is 4. The van der Waals surface area contributed by atoms with Crippen LogP contribution in [0.25, 0.3) is 58.8 Å². The van der Waals surface area contributed by atoms with Crippen molar-refractivity contribution in [3.05, 3.63) is 179 Å². The monoisotopic (exact) mass is 927 g/mol. The van der Waals surface area contributed by atoms with Crippen LogP contribution in [0.3, 0.4) is 0 Å². The average molecular weight is 928 g/mol. The van der Waals surface area contributed by atoms with Gasteiger partial charge in [0.05, 0.1) is 11.0 Å². The lowest BCUT2D eigenvalue weighted by atomic mass is 9.43. The molecule has 13 rings (SSSR count). The number of thiophene rings is 1. The first-order chi connectivity index (χ1) is 33.4. The number of para-hydroxylation sites is 2. The molecule has 8 aromatic carbocycles. The molecular formula is C65H62BN3S. The summed E-state index contributed by atoms with van der Waals surface area (Å²) in [6, 6.07) is 58.6. The quantitative estimate of drug-likeness (QED) is 0.163. The number of anilines is 5. The van der Waals surface area contributed by atoms with Crippen LogP contribution in [0, 0.1) is 6.92 Å². The van der Waals surface area contributed by atoms with E-state index in [1.807, 2.05) is 11.3 Å². The number of benzene rings is 8. The van der Waals surface area contributed by atoms with Gasteiger partial charge < -0.3 is 14.3 Å². The van der Waals surface area contributed by atoms with E-state index in [1.165, 1.54) is 115 Å². The summed E-state index contributed by atoms with van der Waals surface area (Å²) in [5, 5.41) is 5.29. The second-order valence-electron chi connectivity index (χ2n) is 24.1. The Morgan fingerprint density at radius 1 is 0.543 bits per heavy atom. The molecule has 0 saturated carbocycles. The topological polar surface area (TPSA) is 11.4 Å². The maximum absolute atomic E-state index is 2.81. The first kappa shape index (κ1) is 43.5. The smallest absolute Gasteiger partial charge is 0.333 e. The lowest BCUT2D eigenvalue weighted by molar-refractivity contribution is 0.332. The molecule has 0 spiro atoms. The number of aryl methyl sites for hydroxylation is 1. The molecule has 3 nitrogen and oxygen atoms in total. The van der Waals surface area contributed by atoms with Gasteiger partial charge in [-0.15, -0.1) is 11.3 Å². The van der Waals surface area contributed by atoms with E-state index >= 15 is 0 Å². The summed E-state index contributed by atoms with van der Waals surface area (Å²) >= 11 is 1.95. The molecule has 0 fully saturated rings. The molecule has 0 radical (unpaired) electrons. The van der Waals surface area contributed by atoms with E-state index in [0.29, 0.717) is 0 Å². The van der Waals surface area contributed by atoms with E-state index in [4.69, 9.17) is 0 Å². The van der Waals surface area contributed by atoms with E-state index in [0.717, 1.165) is 23.5 Å². The zero-order valence-corrected chi connectivity index (χ0v) is 43.5.